The Hall–Kier alpha value is -2.08. The number of aromatic nitrogens is 1. The fourth-order valence-corrected chi connectivity index (χ4v) is 3.52. The summed E-state index contributed by atoms with van der Waals surface area (Å²) in [6.45, 7) is 3.03. The van der Waals surface area contributed by atoms with Crippen molar-refractivity contribution >= 4 is 23.0 Å². The van der Waals surface area contributed by atoms with Crippen molar-refractivity contribution < 1.29 is 13.9 Å². The maximum atomic E-state index is 12.6. The van der Waals surface area contributed by atoms with Gasteiger partial charge >= 0.3 is 0 Å². The molecular formula is C18H23N3O3. The van der Waals surface area contributed by atoms with Gasteiger partial charge < -0.3 is 19.4 Å². The van der Waals surface area contributed by atoms with E-state index in [0.29, 0.717) is 12.6 Å². The molecular weight excluding hydrogens is 306 g/mol. The molecule has 1 aromatic carbocycles. The Labute approximate surface area is 141 Å². The lowest BCUT2D eigenvalue weighted by Gasteiger charge is -2.32. The number of oxazole rings is 1. The number of hydrogen-bond acceptors (Lipinski definition) is 5. The number of piperidine rings is 1. The Balaban J connectivity index is 1.42. The number of hydrogen-bond donors (Lipinski definition) is 1. The van der Waals surface area contributed by atoms with Crippen LogP contribution in [0, 0.1) is 5.92 Å². The second-order valence-electron chi connectivity index (χ2n) is 6.64. The van der Waals surface area contributed by atoms with E-state index in [2.05, 4.69) is 15.2 Å². The topological polar surface area (TPSA) is 67.6 Å². The Morgan fingerprint density at radius 3 is 2.88 bits per heavy atom. The van der Waals surface area contributed by atoms with Gasteiger partial charge in [-0.25, -0.2) is 0 Å². The molecule has 1 amide bonds. The highest BCUT2D eigenvalue weighted by Gasteiger charge is 2.29. The smallest absolute Gasteiger partial charge is 0.298 e. The Morgan fingerprint density at radius 1 is 1.21 bits per heavy atom. The monoisotopic (exact) mass is 329 g/mol. The second kappa shape index (κ2) is 6.81. The van der Waals surface area contributed by atoms with E-state index in [1.54, 1.807) is 0 Å². The molecule has 128 valence electrons. The van der Waals surface area contributed by atoms with Crippen LogP contribution in [0.1, 0.15) is 25.7 Å². The summed E-state index contributed by atoms with van der Waals surface area (Å²) in [7, 11) is 0. The summed E-state index contributed by atoms with van der Waals surface area (Å²) in [5.74, 6) is 0.152. The number of carbonyl (C=O) groups excluding carboxylic acids is 1. The fraction of sp³-hybridized carbons (Fsp3) is 0.556. The van der Waals surface area contributed by atoms with Gasteiger partial charge in [0, 0.05) is 32.3 Å². The van der Waals surface area contributed by atoms with E-state index in [1.807, 2.05) is 24.3 Å². The lowest BCUT2D eigenvalue weighted by atomic mass is 9.96. The van der Waals surface area contributed by atoms with Gasteiger partial charge in [-0.15, -0.1) is 0 Å². The van der Waals surface area contributed by atoms with Crippen molar-refractivity contribution in [3.05, 3.63) is 24.3 Å². The van der Waals surface area contributed by atoms with Gasteiger partial charge in [0.15, 0.2) is 5.58 Å². The van der Waals surface area contributed by atoms with Crippen LogP contribution in [0.15, 0.2) is 28.7 Å². The minimum absolute atomic E-state index is 0.00314. The summed E-state index contributed by atoms with van der Waals surface area (Å²) in [5.41, 5.74) is 1.66. The van der Waals surface area contributed by atoms with Crippen LogP contribution < -0.4 is 10.2 Å². The first-order valence-electron chi connectivity index (χ1n) is 8.78. The molecule has 2 aliphatic heterocycles. The molecule has 1 atom stereocenters. The van der Waals surface area contributed by atoms with E-state index >= 15 is 0 Å². The molecule has 0 spiro atoms. The minimum atomic E-state index is -0.00314. The van der Waals surface area contributed by atoms with Crippen molar-refractivity contribution in [2.75, 3.05) is 31.2 Å². The van der Waals surface area contributed by atoms with Crippen LogP contribution in [0.5, 0.6) is 0 Å². The van der Waals surface area contributed by atoms with Crippen molar-refractivity contribution in [1.82, 2.24) is 10.3 Å². The van der Waals surface area contributed by atoms with Gasteiger partial charge in [-0.2, -0.15) is 4.98 Å². The van der Waals surface area contributed by atoms with Crippen LogP contribution >= 0.6 is 0 Å². The summed E-state index contributed by atoms with van der Waals surface area (Å²) in [4.78, 5) is 19.2. The van der Waals surface area contributed by atoms with Crippen molar-refractivity contribution in [2.45, 2.75) is 31.7 Å². The molecule has 24 heavy (non-hydrogen) atoms. The van der Waals surface area contributed by atoms with Crippen LogP contribution in [0.25, 0.3) is 11.1 Å². The predicted octanol–water partition coefficient (Wildman–Crippen LogP) is 2.34. The molecule has 0 aliphatic carbocycles. The van der Waals surface area contributed by atoms with Gasteiger partial charge in [-0.3, -0.25) is 4.79 Å². The number of anilines is 1. The van der Waals surface area contributed by atoms with Crippen LogP contribution in [-0.2, 0) is 9.53 Å². The number of amides is 1. The van der Waals surface area contributed by atoms with Crippen LogP contribution in [0.2, 0.25) is 0 Å². The first kappa shape index (κ1) is 15.4. The van der Waals surface area contributed by atoms with Gasteiger partial charge in [-0.05, 0) is 37.8 Å². The molecule has 1 aromatic heterocycles. The zero-order chi connectivity index (χ0) is 16.4. The fourth-order valence-electron chi connectivity index (χ4n) is 3.52. The third-order valence-corrected chi connectivity index (χ3v) is 4.91. The number of para-hydroxylation sites is 2. The zero-order valence-electron chi connectivity index (χ0n) is 13.7. The van der Waals surface area contributed by atoms with E-state index in [0.717, 1.165) is 56.5 Å². The van der Waals surface area contributed by atoms with Crippen LogP contribution in [-0.4, -0.2) is 43.2 Å². The quantitative estimate of drug-likeness (QED) is 0.936. The summed E-state index contributed by atoms with van der Waals surface area (Å²) in [6, 6.07) is 8.64. The molecule has 6 nitrogen and oxygen atoms in total. The summed E-state index contributed by atoms with van der Waals surface area (Å²) in [6.07, 6.45) is 3.72. The first-order valence-corrected chi connectivity index (χ1v) is 8.78. The summed E-state index contributed by atoms with van der Waals surface area (Å²) >= 11 is 0. The first-order chi connectivity index (χ1) is 11.8. The molecule has 2 aliphatic rings. The molecule has 2 aromatic rings. The zero-order valence-corrected chi connectivity index (χ0v) is 13.7. The SMILES string of the molecule is O=C(NC1CCOCC1)C1CCCN(c2nc3ccccc3o2)C1. The number of ether oxygens (including phenoxy) is 1. The molecule has 4 rings (SSSR count). The highest BCUT2D eigenvalue weighted by molar-refractivity contribution is 5.80. The summed E-state index contributed by atoms with van der Waals surface area (Å²) < 4.78 is 11.2. The molecule has 2 saturated heterocycles. The van der Waals surface area contributed by atoms with E-state index in [9.17, 15) is 4.79 Å². The van der Waals surface area contributed by atoms with Crippen LogP contribution in [0.3, 0.4) is 0 Å². The van der Waals surface area contributed by atoms with E-state index in [-0.39, 0.29) is 17.9 Å². The molecule has 6 heteroatoms. The number of rotatable bonds is 3. The van der Waals surface area contributed by atoms with Crippen molar-refractivity contribution in [1.29, 1.82) is 0 Å². The van der Waals surface area contributed by atoms with Crippen LogP contribution in [0.4, 0.5) is 6.01 Å². The minimum Gasteiger partial charge on any atom is -0.423 e. The molecule has 2 fully saturated rings. The van der Waals surface area contributed by atoms with Gasteiger partial charge in [0.25, 0.3) is 6.01 Å². The third kappa shape index (κ3) is 3.24. The largest absolute Gasteiger partial charge is 0.423 e. The van der Waals surface area contributed by atoms with Gasteiger partial charge in [0.1, 0.15) is 5.52 Å². The van der Waals surface area contributed by atoms with Crippen molar-refractivity contribution in [3.8, 4) is 0 Å². The molecule has 0 saturated carbocycles. The summed E-state index contributed by atoms with van der Waals surface area (Å²) in [5, 5.41) is 3.19. The maximum absolute atomic E-state index is 12.6. The molecule has 0 bridgehead atoms. The average molecular weight is 329 g/mol. The van der Waals surface area contributed by atoms with Gasteiger partial charge in [-0.1, -0.05) is 12.1 Å². The molecule has 1 N–H and O–H groups in total. The highest BCUT2D eigenvalue weighted by Crippen LogP contribution is 2.26. The number of benzene rings is 1. The molecule has 0 radical (unpaired) electrons. The van der Waals surface area contributed by atoms with Crippen molar-refractivity contribution in [3.63, 3.8) is 0 Å². The third-order valence-electron chi connectivity index (χ3n) is 4.91. The maximum Gasteiger partial charge on any atom is 0.298 e. The van der Waals surface area contributed by atoms with E-state index in [1.165, 1.54) is 0 Å². The number of nitrogens with one attached hydrogen (secondary N) is 1. The number of carbonyl (C=O) groups is 1. The van der Waals surface area contributed by atoms with Gasteiger partial charge in [0.05, 0.1) is 5.92 Å². The Morgan fingerprint density at radius 2 is 2.04 bits per heavy atom. The van der Waals surface area contributed by atoms with E-state index < -0.39 is 0 Å². The van der Waals surface area contributed by atoms with Gasteiger partial charge in [0.2, 0.25) is 5.91 Å². The number of nitrogens with zero attached hydrogens (tertiary/aromatic N) is 2. The highest BCUT2D eigenvalue weighted by atomic mass is 16.5. The molecule has 3 heterocycles. The number of fused-ring (bicyclic) bond motifs is 1. The molecule has 1 unspecified atom stereocenters. The Bertz CT molecular complexity index is 675. The van der Waals surface area contributed by atoms with Crippen molar-refractivity contribution in [2.24, 2.45) is 5.92 Å². The van der Waals surface area contributed by atoms with E-state index in [4.69, 9.17) is 9.15 Å². The normalized spacial score (nSPS) is 22.7. The second-order valence-corrected chi connectivity index (χ2v) is 6.64. The lowest BCUT2D eigenvalue weighted by molar-refractivity contribution is -0.126. The standard InChI is InChI=1S/C18H23N3O3/c22-17(19-14-7-10-23-11-8-14)13-4-3-9-21(12-13)18-20-15-5-1-2-6-16(15)24-18/h1-2,5-6,13-14H,3-4,7-12H2,(H,19,22). The lowest BCUT2D eigenvalue weighted by Crippen LogP contribution is -2.47. The predicted molar refractivity (Wildman–Crippen MR) is 90.9 cm³/mol. The Kier molecular flexibility index (Phi) is 4.38. The average Bonchev–Trinajstić information content (AvgIpc) is 3.07.